The summed E-state index contributed by atoms with van der Waals surface area (Å²) in [6.07, 6.45) is 1.71. The van der Waals surface area contributed by atoms with Gasteiger partial charge in [0, 0.05) is 12.3 Å². The predicted molar refractivity (Wildman–Crippen MR) is 73.8 cm³/mol. The number of nitro benzene ring substituents is 1. The molecule has 20 heavy (non-hydrogen) atoms. The van der Waals surface area contributed by atoms with E-state index in [1.54, 1.807) is 6.20 Å². The lowest BCUT2D eigenvalue weighted by molar-refractivity contribution is -0.384. The van der Waals surface area contributed by atoms with Crippen molar-refractivity contribution in [3.8, 4) is 0 Å². The summed E-state index contributed by atoms with van der Waals surface area (Å²) in [5, 5.41) is 13.4. The van der Waals surface area contributed by atoms with Gasteiger partial charge in [0.25, 0.3) is 5.69 Å². The molecule has 0 radical (unpaired) electrons. The van der Waals surface area contributed by atoms with Crippen LogP contribution < -0.4 is 11.1 Å². The van der Waals surface area contributed by atoms with Crippen molar-refractivity contribution in [2.45, 2.75) is 13.5 Å². The predicted octanol–water partition coefficient (Wildman–Crippen LogP) is 2.63. The highest BCUT2D eigenvalue weighted by Gasteiger charge is 2.18. The highest BCUT2D eigenvalue weighted by Crippen LogP contribution is 2.29. The van der Waals surface area contributed by atoms with E-state index in [4.69, 9.17) is 5.73 Å². The van der Waals surface area contributed by atoms with Crippen molar-refractivity contribution in [3.05, 3.63) is 57.7 Å². The number of halogens is 1. The second-order valence-electron chi connectivity index (χ2n) is 4.30. The average Bonchev–Trinajstić information content (AvgIpc) is 2.42. The fourth-order valence-corrected chi connectivity index (χ4v) is 1.67. The first-order valence-electron chi connectivity index (χ1n) is 5.87. The Morgan fingerprint density at radius 3 is 2.75 bits per heavy atom. The molecule has 0 spiro atoms. The first kappa shape index (κ1) is 13.7. The van der Waals surface area contributed by atoms with E-state index in [0.29, 0.717) is 6.54 Å². The quantitative estimate of drug-likeness (QED) is 0.508. The van der Waals surface area contributed by atoms with Gasteiger partial charge in [-0.2, -0.15) is 0 Å². The van der Waals surface area contributed by atoms with Crippen molar-refractivity contribution in [1.82, 2.24) is 4.98 Å². The zero-order valence-electron chi connectivity index (χ0n) is 10.8. The molecule has 7 heteroatoms. The molecule has 2 rings (SSSR count). The number of nitrogens with one attached hydrogen (secondary N) is 1. The minimum Gasteiger partial charge on any atom is -0.391 e. The molecule has 0 unspecified atom stereocenters. The van der Waals surface area contributed by atoms with Gasteiger partial charge in [-0.15, -0.1) is 0 Å². The zero-order chi connectivity index (χ0) is 14.7. The fraction of sp³-hybridized carbons (Fsp3) is 0.154. The molecule has 0 aliphatic carbocycles. The van der Waals surface area contributed by atoms with Crippen LogP contribution in [0.3, 0.4) is 0 Å². The molecule has 1 aromatic heterocycles. The van der Waals surface area contributed by atoms with Gasteiger partial charge < -0.3 is 11.1 Å². The summed E-state index contributed by atoms with van der Waals surface area (Å²) in [5.74, 6) is -0.827. The molecule has 1 aromatic carbocycles. The standard InChI is InChI=1S/C13H13FN4O2/c1-8-2-3-9(16-6-8)7-17-10-4-5-11(18(19)20)13(15)12(10)14/h2-6,17H,7,15H2,1H3. The van der Waals surface area contributed by atoms with Crippen molar-refractivity contribution >= 4 is 17.1 Å². The molecule has 3 N–H and O–H groups in total. The molecule has 0 aliphatic heterocycles. The Balaban J connectivity index is 2.16. The van der Waals surface area contributed by atoms with Crippen molar-refractivity contribution in [3.63, 3.8) is 0 Å². The molecule has 0 saturated heterocycles. The number of benzene rings is 1. The van der Waals surface area contributed by atoms with Crippen LogP contribution in [0.25, 0.3) is 0 Å². The Morgan fingerprint density at radius 1 is 1.40 bits per heavy atom. The molecule has 0 fully saturated rings. The Labute approximate surface area is 114 Å². The Morgan fingerprint density at radius 2 is 2.15 bits per heavy atom. The number of nitrogens with zero attached hydrogens (tertiary/aromatic N) is 2. The molecule has 1 heterocycles. The Kier molecular flexibility index (Phi) is 3.79. The van der Waals surface area contributed by atoms with Gasteiger partial charge in [-0.25, -0.2) is 4.39 Å². The smallest absolute Gasteiger partial charge is 0.295 e. The normalized spacial score (nSPS) is 10.3. The number of anilines is 2. The number of nitrogens with two attached hydrogens (primary N) is 1. The maximum Gasteiger partial charge on any atom is 0.295 e. The Hall–Kier alpha value is -2.70. The molecular formula is C13H13FN4O2. The molecule has 6 nitrogen and oxygen atoms in total. The SMILES string of the molecule is Cc1ccc(CNc2ccc([N+](=O)[O-])c(N)c2F)nc1. The molecule has 0 atom stereocenters. The van der Waals surface area contributed by atoms with E-state index >= 15 is 0 Å². The van der Waals surface area contributed by atoms with Gasteiger partial charge in [-0.3, -0.25) is 15.1 Å². The molecule has 104 valence electrons. The van der Waals surface area contributed by atoms with Crippen molar-refractivity contribution < 1.29 is 9.31 Å². The maximum absolute atomic E-state index is 13.9. The van der Waals surface area contributed by atoms with E-state index in [1.807, 2.05) is 19.1 Å². The van der Waals surface area contributed by atoms with Gasteiger partial charge in [-0.05, 0) is 24.6 Å². The molecule has 2 aromatic rings. The van der Waals surface area contributed by atoms with Gasteiger partial charge in [0.05, 0.1) is 22.8 Å². The zero-order valence-corrected chi connectivity index (χ0v) is 10.8. The van der Waals surface area contributed by atoms with E-state index in [1.165, 1.54) is 12.1 Å². The first-order valence-corrected chi connectivity index (χ1v) is 5.87. The van der Waals surface area contributed by atoms with Crippen molar-refractivity contribution in [2.75, 3.05) is 11.1 Å². The number of nitrogen functional groups attached to an aromatic ring is 1. The van der Waals surface area contributed by atoms with Gasteiger partial charge >= 0.3 is 0 Å². The van der Waals surface area contributed by atoms with E-state index in [9.17, 15) is 14.5 Å². The van der Waals surface area contributed by atoms with Crippen molar-refractivity contribution in [1.29, 1.82) is 0 Å². The third-order valence-corrected chi connectivity index (χ3v) is 2.79. The fourth-order valence-electron chi connectivity index (χ4n) is 1.67. The van der Waals surface area contributed by atoms with Crippen LogP contribution in [0.15, 0.2) is 30.5 Å². The largest absolute Gasteiger partial charge is 0.391 e. The van der Waals surface area contributed by atoms with E-state index in [-0.39, 0.29) is 5.69 Å². The minimum atomic E-state index is -0.827. The van der Waals surface area contributed by atoms with Gasteiger partial charge in [0.2, 0.25) is 0 Å². The number of rotatable bonds is 4. The number of aryl methyl sites for hydroxylation is 1. The van der Waals surface area contributed by atoms with Crippen LogP contribution >= 0.6 is 0 Å². The maximum atomic E-state index is 13.9. The van der Waals surface area contributed by atoms with E-state index in [2.05, 4.69) is 10.3 Å². The third kappa shape index (κ3) is 2.82. The Bertz CT molecular complexity index is 644. The van der Waals surface area contributed by atoms with Crippen LogP contribution in [0, 0.1) is 22.9 Å². The second kappa shape index (κ2) is 5.52. The van der Waals surface area contributed by atoms with Crippen LogP contribution in [-0.4, -0.2) is 9.91 Å². The highest BCUT2D eigenvalue weighted by atomic mass is 19.1. The van der Waals surface area contributed by atoms with Crippen molar-refractivity contribution in [2.24, 2.45) is 0 Å². The van der Waals surface area contributed by atoms with Gasteiger partial charge in [0.15, 0.2) is 5.82 Å². The van der Waals surface area contributed by atoms with Gasteiger partial charge in [-0.1, -0.05) is 6.07 Å². The average molecular weight is 276 g/mol. The lowest BCUT2D eigenvalue weighted by atomic mass is 10.2. The minimum absolute atomic E-state index is 0.107. The van der Waals surface area contributed by atoms with Crippen LogP contribution in [-0.2, 0) is 6.54 Å². The van der Waals surface area contributed by atoms with E-state index in [0.717, 1.165) is 11.3 Å². The van der Waals surface area contributed by atoms with Crippen LogP contribution in [0.4, 0.5) is 21.5 Å². The summed E-state index contributed by atoms with van der Waals surface area (Å²) in [7, 11) is 0. The van der Waals surface area contributed by atoms with E-state index < -0.39 is 22.1 Å². The number of hydrogen-bond donors (Lipinski definition) is 2. The molecule has 0 saturated carbocycles. The van der Waals surface area contributed by atoms with Crippen LogP contribution in [0.2, 0.25) is 0 Å². The summed E-state index contributed by atoms with van der Waals surface area (Å²) in [4.78, 5) is 14.1. The number of nitro groups is 1. The second-order valence-corrected chi connectivity index (χ2v) is 4.30. The molecule has 0 bridgehead atoms. The highest BCUT2D eigenvalue weighted by molar-refractivity contribution is 5.67. The summed E-state index contributed by atoms with van der Waals surface area (Å²) >= 11 is 0. The van der Waals surface area contributed by atoms with Crippen LogP contribution in [0.5, 0.6) is 0 Å². The van der Waals surface area contributed by atoms with Crippen LogP contribution in [0.1, 0.15) is 11.3 Å². The number of hydrogen-bond acceptors (Lipinski definition) is 5. The summed E-state index contributed by atoms with van der Waals surface area (Å²) in [5.41, 5.74) is 6.35. The summed E-state index contributed by atoms with van der Waals surface area (Å²) in [6, 6.07) is 6.17. The topological polar surface area (TPSA) is 94.1 Å². The molecular weight excluding hydrogens is 263 g/mol. The lowest BCUT2D eigenvalue weighted by Gasteiger charge is -2.09. The third-order valence-electron chi connectivity index (χ3n) is 2.79. The molecule has 0 amide bonds. The molecule has 0 aliphatic rings. The first-order chi connectivity index (χ1) is 9.49. The van der Waals surface area contributed by atoms with Gasteiger partial charge in [0.1, 0.15) is 5.69 Å². The number of aromatic nitrogens is 1. The monoisotopic (exact) mass is 276 g/mol. The summed E-state index contributed by atoms with van der Waals surface area (Å²) < 4.78 is 13.9. The lowest BCUT2D eigenvalue weighted by Crippen LogP contribution is -2.06. The number of pyridine rings is 1. The summed E-state index contributed by atoms with van der Waals surface area (Å²) in [6.45, 7) is 2.22.